The van der Waals surface area contributed by atoms with Crippen LogP contribution in [0.4, 0.5) is 13.2 Å². The Labute approximate surface area is 104 Å². The highest BCUT2D eigenvalue weighted by atomic mass is 79.9. The number of hydrogen-bond acceptors (Lipinski definition) is 1. The van der Waals surface area contributed by atoms with E-state index >= 15 is 0 Å². The van der Waals surface area contributed by atoms with Crippen molar-refractivity contribution in [2.24, 2.45) is 0 Å². The minimum atomic E-state index is -4.40. The maximum Gasteiger partial charge on any atom is 0.417 e. The maximum absolute atomic E-state index is 12.9. The molecular formula is C11H8BrF3N2. The van der Waals surface area contributed by atoms with E-state index in [-0.39, 0.29) is 11.4 Å². The van der Waals surface area contributed by atoms with Gasteiger partial charge in [-0.05, 0) is 25.1 Å². The van der Waals surface area contributed by atoms with E-state index in [9.17, 15) is 13.2 Å². The van der Waals surface area contributed by atoms with Crippen molar-refractivity contribution in [1.29, 1.82) is 0 Å². The van der Waals surface area contributed by atoms with Crippen LogP contribution < -0.4 is 0 Å². The van der Waals surface area contributed by atoms with Crippen molar-refractivity contribution < 1.29 is 13.2 Å². The minimum Gasteiger partial charge on any atom is -0.342 e. The average Bonchev–Trinajstić information content (AvgIpc) is 2.63. The molecule has 6 heteroatoms. The molecule has 0 aliphatic rings. The molecule has 0 fully saturated rings. The Morgan fingerprint density at radius 3 is 2.53 bits per heavy atom. The second-order valence-electron chi connectivity index (χ2n) is 3.60. The average molecular weight is 305 g/mol. The van der Waals surface area contributed by atoms with Gasteiger partial charge in [0.05, 0.1) is 5.56 Å². The van der Waals surface area contributed by atoms with Crippen molar-refractivity contribution in [2.75, 3.05) is 0 Å². The van der Waals surface area contributed by atoms with Gasteiger partial charge in [-0.2, -0.15) is 13.2 Å². The van der Waals surface area contributed by atoms with Gasteiger partial charge in [0, 0.05) is 21.9 Å². The van der Waals surface area contributed by atoms with Crippen LogP contribution in [0.5, 0.6) is 0 Å². The van der Waals surface area contributed by atoms with Crippen molar-refractivity contribution in [3.05, 3.63) is 40.1 Å². The number of hydrogen-bond donors (Lipinski definition) is 1. The van der Waals surface area contributed by atoms with Crippen molar-refractivity contribution in [3.63, 3.8) is 0 Å². The molecule has 2 rings (SSSR count). The molecule has 1 aromatic heterocycles. The molecule has 0 atom stereocenters. The van der Waals surface area contributed by atoms with Crippen LogP contribution in [-0.2, 0) is 6.18 Å². The highest BCUT2D eigenvalue weighted by molar-refractivity contribution is 9.10. The summed E-state index contributed by atoms with van der Waals surface area (Å²) in [7, 11) is 0. The molecule has 0 saturated carbocycles. The fourth-order valence-corrected chi connectivity index (χ4v) is 1.87. The first-order valence-corrected chi connectivity index (χ1v) is 5.56. The van der Waals surface area contributed by atoms with Gasteiger partial charge < -0.3 is 4.98 Å². The molecular weight excluding hydrogens is 297 g/mol. The van der Waals surface area contributed by atoms with E-state index in [4.69, 9.17) is 0 Å². The largest absolute Gasteiger partial charge is 0.417 e. The predicted molar refractivity (Wildman–Crippen MR) is 61.5 cm³/mol. The number of benzene rings is 1. The number of aromatic nitrogens is 2. The van der Waals surface area contributed by atoms with Gasteiger partial charge >= 0.3 is 6.18 Å². The fraction of sp³-hybridized carbons (Fsp3) is 0.182. The highest BCUT2D eigenvalue weighted by Crippen LogP contribution is 2.37. The monoisotopic (exact) mass is 304 g/mol. The van der Waals surface area contributed by atoms with E-state index in [2.05, 4.69) is 25.9 Å². The summed E-state index contributed by atoms with van der Waals surface area (Å²) in [5, 5.41) is 0. The van der Waals surface area contributed by atoms with Crippen LogP contribution in [0.2, 0.25) is 0 Å². The summed E-state index contributed by atoms with van der Waals surface area (Å²) in [6, 6.07) is 4.00. The summed E-state index contributed by atoms with van der Waals surface area (Å²) in [6.07, 6.45) is -2.91. The summed E-state index contributed by atoms with van der Waals surface area (Å²) in [5.41, 5.74) is 0.0612. The lowest BCUT2D eigenvalue weighted by Gasteiger charge is -2.11. The number of aromatic amines is 1. The molecule has 1 N–H and O–H groups in total. The van der Waals surface area contributed by atoms with Crippen molar-refractivity contribution in [1.82, 2.24) is 9.97 Å². The SMILES string of the molecule is Cc1cnc(-c2ccc(Br)cc2C(F)(F)F)[nH]1. The number of rotatable bonds is 1. The molecule has 0 aliphatic carbocycles. The van der Waals surface area contributed by atoms with Crippen LogP contribution >= 0.6 is 15.9 Å². The molecule has 0 bridgehead atoms. The van der Waals surface area contributed by atoms with Crippen molar-refractivity contribution in [2.45, 2.75) is 13.1 Å². The quantitative estimate of drug-likeness (QED) is 0.842. The number of halogens is 4. The number of alkyl halides is 3. The van der Waals surface area contributed by atoms with Crippen LogP contribution in [0.25, 0.3) is 11.4 Å². The second kappa shape index (κ2) is 4.18. The molecule has 0 saturated heterocycles. The normalized spacial score (nSPS) is 11.8. The van der Waals surface area contributed by atoms with Gasteiger partial charge in [0.25, 0.3) is 0 Å². The van der Waals surface area contributed by atoms with Crippen LogP contribution in [-0.4, -0.2) is 9.97 Å². The molecule has 0 aliphatic heterocycles. The molecule has 0 amide bonds. The lowest BCUT2D eigenvalue weighted by molar-refractivity contribution is -0.137. The highest BCUT2D eigenvalue weighted by Gasteiger charge is 2.34. The van der Waals surface area contributed by atoms with E-state index in [1.807, 2.05) is 0 Å². The maximum atomic E-state index is 12.9. The summed E-state index contributed by atoms with van der Waals surface area (Å²) < 4.78 is 39.0. The van der Waals surface area contributed by atoms with Gasteiger partial charge in [-0.15, -0.1) is 0 Å². The van der Waals surface area contributed by atoms with E-state index in [1.54, 1.807) is 13.0 Å². The Bertz CT molecular complexity index is 546. The van der Waals surface area contributed by atoms with Crippen LogP contribution in [0.1, 0.15) is 11.3 Å². The Balaban J connectivity index is 2.61. The topological polar surface area (TPSA) is 28.7 Å². The fourth-order valence-electron chi connectivity index (χ4n) is 1.51. The zero-order valence-corrected chi connectivity index (χ0v) is 10.4. The molecule has 1 aromatic carbocycles. The van der Waals surface area contributed by atoms with Crippen LogP contribution in [0.15, 0.2) is 28.9 Å². The zero-order valence-electron chi connectivity index (χ0n) is 8.77. The van der Waals surface area contributed by atoms with E-state index in [1.165, 1.54) is 12.3 Å². The number of H-pyrrole nitrogens is 1. The van der Waals surface area contributed by atoms with E-state index in [0.29, 0.717) is 4.47 Å². The van der Waals surface area contributed by atoms with Crippen molar-refractivity contribution >= 4 is 15.9 Å². The Morgan fingerprint density at radius 2 is 2.00 bits per heavy atom. The van der Waals surface area contributed by atoms with E-state index < -0.39 is 11.7 Å². The standard InChI is InChI=1S/C11H8BrF3N2/c1-6-5-16-10(17-6)8-3-2-7(12)4-9(8)11(13,14)15/h2-5H,1H3,(H,16,17). The smallest absolute Gasteiger partial charge is 0.342 e. The Morgan fingerprint density at radius 1 is 1.29 bits per heavy atom. The predicted octanol–water partition coefficient (Wildman–Crippen LogP) is 4.17. The molecule has 2 nitrogen and oxygen atoms in total. The van der Waals surface area contributed by atoms with Crippen LogP contribution in [0, 0.1) is 6.92 Å². The molecule has 17 heavy (non-hydrogen) atoms. The lowest BCUT2D eigenvalue weighted by Crippen LogP contribution is -2.07. The third-order valence-corrected chi connectivity index (χ3v) is 2.74. The van der Waals surface area contributed by atoms with E-state index in [0.717, 1.165) is 11.8 Å². The molecule has 0 radical (unpaired) electrons. The second-order valence-corrected chi connectivity index (χ2v) is 4.52. The van der Waals surface area contributed by atoms with Gasteiger partial charge in [0.1, 0.15) is 5.82 Å². The summed E-state index contributed by atoms with van der Waals surface area (Å²) in [5.74, 6) is 0.224. The third-order valence-electron chi connectivity index (χ3n) is 2.25. The first kappa shape index (κ1) is 12.2. The third kappa shape index (κ3) is 2.52. The van der Waals surface area contributed by atoms with Crippen molar-refractivity contribution in [3.8, 4) is 11.4 Å². The molecule has 0 unspecified atom stereocenters. The van der Waals surface area contributed by atoms with Gasteiger partial charge in [-0.1, -0.05) is 15.9 Å². The van der Waals surface area contributed by atoms with Gasteiger partial charge in [0.15, 0.2) is 0 Å². The van der Waals surface area contributed by atoms with Gasteiger partial charge in [0.2, 0.25) is 0 Å². The van der Waals surface area contributed by atoms with Gasteiger partial charge in [-0.25, -0.2) is 4.98 Å². The lowest BCUT2D eigenvalue weighted by atomic mass is 10.1. The zero-order chi connectivity index (χ0) is 12.6. The number of nitrogens with zero attached hydrogens (tertiary/aromatic N) is 1. The summed E-state index contributed by atoms with van der Waals surface area (Å²) in [4.78, 5) is 6.72. The molecule has 2 aromatic rings. The van der Waals surface area contributed by atoms with Gasteiger partial charge in [-0.3, -0.25) is 0 Å². The first-order valence-electron chi connectivity index (χ1n) is 4.76. The molecule has 90 valence electrons. The first-order chi connectivity index (χ1) is 7.88. The molecule has 0 spiro atoms. The number of nitrogens with one attached hydrogen (secondary N) is 1. The number of imidazole rings is 1. The molecule has 1 heterocycles. The minimum absolute atomic E-state index is 0.0498. The summed E-state index contributed by atoms with van der Waals surface area (Å²) >= 11 is 3.04. The number of aryl methyl sites for hydroxylation is 1. The Hall–Kier alpha value is -1.30. The summed E-state index contributed by atoms with van der Waals surface area (Å²) in [6.45, 7) is 1.74. The Kier molecular flexibility index (Phi) is 2.99. The van der Waals surface area contributed by atoms with Crippen LogP contribution in [0.3, 0.4) is 0 Å².